The van der Waals surface area contributed by atoms with Gasteiger partial charge >= 0.3 is 0 Å². The standard InChI is InChI=1S/C11H13N5/c1-3-6-13-8(2)9-4-5-11-14-10(12)7-16(11)15-9/h4-7H,2-3,12H2,1H3. The van der Waals surface area contributed by atoms with E-state index in [9.17, 15) is 0 Å². The summed E-state index contributed by atoms with van der Waals surface area (Å²) in [5.41, 5.74) is 7.64. The molecule has 0 amide bonds. The van der Waals surface area contributed by atoms with Crippen LogP contribution in [-0.4, -0.2) is 20.8 Å². The maximum absolute atomic E-state index is 5.57. The quantitative estimate of drug-likeness (QED) is 0.793. The molecular weight excluding hydrogens is 202 g/mol. The predicted molar refractivity (Wildman–Crippen MR) is 65.2 cm³/mol. The number of fused-ring (bicyclic) bond motifs is 1. The number of nitrogen functional groups attached to an aromatic ring is 1. The van der Waals surface area contributed by atoms with Crippen molar-refractivity contribution in [2.75, 3.05) is 5.73 Å². The molecule has 0 aromatic carbocycles. The third-order valence-corrected chi connectivity index (χ3v) is 2.06. The van der Waals surface area contributed by atoms with E-state index in [0.717, 1.165) is 12.1 Å². The van der Waals surface area contributed by atoms with E-state index < -0.39 is 0 Å². The average molecular weight is 215 g/mol. The first kappa shape index (κ1) is 10.4. The van der Waals surface area contributed by atoms with Crippen molar-refractivity contribution in [1.82, 2.24) is 14.6 Å². The molecule has 2 N–H and O–H groups in total. The second kappa shape index (κ2) is 4.14. The molecule has 0 radical (unpaired) electrons. The molecule has 0 saturated heterocycles. The third-order valence-electron chi connectivity index (χ3n) is 2.06. The fraction of sp³-hybridized carbons (Fsp3) is 0.182. The molecule has 0 unspecified atom stereocenters. The van der Waals surface area contributed by atoms with Crippen molar-refractivity contribution < 1.29 is 0 Å². The summed E-state index contributed by atoms with van der Waals surface area (Å²) in [5, 5.41) is 4.31. The Kier molecular flexibility index (Phi) is 2.68. The molecule has 0 bridgehead atoms. The minimum Gasteiger partial charge on any atom is -0.382 e. The summed E-state index contributed by atoms with van der Waals surface area (Å²) in [4.78, 5) is 8.27. The summed E-state index contributed by atoms with van der Waals surface area (Å²) in [7, 11) is 0. The molecule has 2 aromatic rings. The molecule has 0 saturated carbocycles. The van der Waals surface area contributed by atoms with Gasteiger partial charge < -0.3 is 5.73 Å². The normalized spacial score (nSPS) is 11.3. The number of hydrogen-bond donors (Lipinski definition) is 1. The van der Waals surface area contributed by atoms with Crippen LogP contribution in [0.5, 0.6) is 0 Å². The number of hydrogen-bond acceptors (Lipinski definition) is 4. The van der Waals surface area contributed by atoms with Crippen molar-refractivity contribution in [3.8, 4) is 0 Å². The molecule has 2 aromatic heterocycles. The van der Waals surface area contributed by atoms with E-state index in [4.69, 9.17) is 5.73 Å². The van der Waals surface area contributed by atoms with E-state index in [0.29, 0.717) is 17.2 Å². The molecule has 2 rings (SSSR count). The lowest BCUT2D eigenvalue weighted by atomic mass is 10.3. The molecule has 0 atom stereocenters. The predicted octanol–water partition coefficient (Wildman–Crippen LogP) is 1.76. The first-order chi connectivity index (χ1) is 7.70. The Morgan fingerprint density at radius 3 is 3.19 bits per heavy atom. The van der Waals surface area contributed by atoms with Crippen LogP contribution in [0.25, 0.3) is 11.3 Å². The summed E-state index contributed by atoms with van der Waals surface area (Å²) in [6.07, 6.45) is 4.34. The summed E-state index contributed by atoms with van der Waals surface area (Å²) >= 11 is 0. The Balaban J connectivity index is 2.38. The van der Waals surface area contributed by atoms with E-state index in [1.54, 1.807) is 16.9 Å². The van der Waals surface area contributed by atoms with Gasteiger partial charge in [-0.3, -0.25) is 4.99 Å². The van der Waals surface area contributed by atoms with Crippen LogP contribution < -0.4 is 5.73 Å². The zero-order chi connectivity index (χ0) is 11.5. The van der Waals surface area contributed by atoms with Gasteiger partial charge in [-0.1, -0.05) is 13.5 Å². The zero-order valence-electron chi connectivity index (χ0n) is 9.09. The second-order valence-corrected chi connectivity index (χ2v) is 3.35. The van der Waals surface area contributed by atoms with Crippen molar-refractivity contribution in [2.45, 2.75) is 13.3 Å². The van der Waals surface area contributed by atoms with Crippen molar-refractivity contribution >= 4 is 23.4 Å². The lowest BCUT2D eigenvalue weighted by molar-refractivity contribution is 0.920. The number of nitrogens with two attached hydrogens (primary N) is 1. The van der Waals surface area contributed by atoms with Crippen LogP contribution in [0.2, 0.25) is 0 Å². The largest absolute Gasteiger partial charge is 0.382 e. The van der Waals surface area contributed by atoms with Gasteiger partial charge in [0.15, 0.2) is 5.65 Å². The molecule has 0 aliphatic rings. The summed E-state index contributed by atoms with van der Waals surface area (Å²) in [5.74, 6) is 0.451. The molecule has 0 aliphatic heterocycles. The Morgan fingerprint density at radius 2 is 2.44 bits per heavy atom. The van der Waals surface area contributed by atoms with E-state index in [-0.39, 0.29) is 0 Å². The van der Waals surface area contributed by atoms with Crippen molar-refractivity contribution in [2.24, 2.45) is 4.99 Å². The lowest BCUT2D eigenvalue weighted by Crippen LogP contribution is -1.95. The lowest BCUT2D eigenvalue weighted by Gasteiger charge is -1.99. The molecule has 5 heteroatoms. The maximum Gasteiger partial charge on any atom is 0.156 e. The Morgan fingerprint density at radius 1 is 1.62 bits per heavy atom. The maximum atomic E-state index is 5.57. The number of nitrogens with zero attached hydrogens (tertiary/aromatic N) is 4. The van der Waals surface area contributed by atoms with E-state index >= 15 is 0 Å². The molecule has 82 valence electrons. The van der Waals surface area contributed by atoms with Crippen LogP contribution in [0.3, 0.4) is 0 Å². The minimum absolute atomic E-state index is 0.451. The SMILES string of the molecule is C=C(N=CCC)c1ccc2nc(N)cn2n1. The third kappa shape index (κ3) is 1.93. The number of aromatic nitrogens is 3. The zero-order valence-corrected chi connectivity index (χ0v) is 9.09. The monoisotopic (exact) mass is 215 g/mol. The topological polar surface area (TPSA) is 68.6 Å². The second-order valence-electron chi connectivity index (χ2n) is 3.35. The fourth-order valence-corrected chi connectivity index (χ4v) is 1.32. The van der Waals surface area contributed by atoms with Gasteiger partial charge in [0.2, 0.25) is 0 Å². The van der Waals surface area contributed by atoms with Crippen LogP contribution in [-0.2, 0) is 0 Å². The Bertz CT molecular complexity index is 553. The Labute approximate surface area is 93.3 Å². The van der Waals surface area contributed by atoms with E-state index in [1.807, 2.05) is 19.1 Å². The van der Waals surface area contributed by atoms with Crippen LogP contribution in [0.4, 0.5) is 5.82 Å². The van der Waals surface area contributed by atoms with Gasteiger partial charge in [-0.25, -0.2) is 9.50 Å². The molecular formula is C11H13N5. The molecule has 0 spiro atoms. The molecule has 5 nitrogen and oxygen atoms in total. The van der Waals surface area contributed by atoms with Crippen LogP contribution in [0, 0.1) is 0 Å². The van der Waals surface area contributed by atoms with Gasteiger partial charge in [0, 0.05) is 6.21 Å². The highest BCUT2D eigenvalue weighted by Crippen LogP contribution is 2.12. The highest BCUT2D eigenvalue weighted by atomic mass is 15.3. The molecule has 0 aliphatic carbocycles. The van der Waals surface area contributed by atoms with Crippen LogP contribution in [0.1, 0.15) is 19.0 Å². The first-order valence-corrected chi connectivity index (χ1v) is 5.04. The highest BCUT2D eigenvalue weighted by molar-refractivity contribution is 5.71. The van der Waals surface area contributed by atoms with Crippen molar-refractivity contribution in [3.05, 3.63) is 30.6 Å². The average Bonchev–Trinajstić information content (AvgIpc) is 2.64. The molecule has 2 heterocycles. The van der Waals surface area contributed by atoms with Gasteiger partial charge in [-0.2, -0.15) is 5.10 Å². The van der Waals surface area contributed by atoms with Gasteiger partial charge in [0.25, 0.3) is 0 Å². The van der Waals surface area contributed by atoms with Crippen LogP contribution >= 0.6 is 0 Å². The van der Waals surface area contributed by atoms with Gasteiger partial charge in [-0.05, 0) is 18.6 Å². The number of rotatable bonds is 3. The number of imidazole rings is 1. The Hall–Kier alpha value is -2.17. The minimum atomic E-state index is 0.451. The smallest absolute Gasteiger partial charge is 0.156 e. The highest BCUT2D eigenvalue weighted by Gasteiger charge is 2.02. The summed E-state index contributed by atoms with van der Waals surface area (Å²) < 4.78 is 1.62. The number of anilines is 1. The summed E-state index contributed by atoms with van der Waals surface area (Å²) in [6, 6.07) is 3.67. The molecule has 16 heavy (non-hydrogen) atoms. The number of aliphatic imine (C=N–C) groups is 1. The first-order valence-electron chi connectivity index (χ1n) is 5.04. The summed E-state index contributed by atoms with van der Waals surface area (Å²) in [6.45, 7) is 5.87. The van der Waals surface area contributed by atoms with E-state index in [1.165, 1.54) is 0 Å². The molecule has 0 fully saturated rings. The van der Waals surface area contributed by atoms with Gasteiger partial charge in [0.1, 0.15) is 11.5 Å². The van der Waals surface area contributed by atoms with Crippen molar-refractivity contribution in [1.29, 1.82) is 0 Å². The van der Waals surface area contributed by atoms with Crippen molar-refractivity contribution in [3.63, 3.8) is 0 Å². The van der Waals surface area contributed by atoms with Gasteiger partial charge in [-0.15, -0.1) is 0 Å². The fourth-order valence-electron chi connectivity index (χ4n) is 1.32. The van der Waals surface area contributed by atoms with Gasteiger partial charge in [0.05, 0.1) is 11.9 Å². The van der Waals surface area contributed by atoms with Crippen LogP contribution in [0.15, 0.2) is 29.9 Å². The van der Waals surface area contributed by atoms with E-state index in [2.05, 4.69) is 21.7 Å².